The lowest BCUT2D eigenvalue weighted by molar-refractivity contribution is 0.165. The first-order valence-corrected chi connectivity index (χ1v) is 10.4. The van der Waals surface area contributed by atoms with Gasteiger partial charge in [0.05, 0.1) is 18.7 Å². The number of pyridine rings is 1. The number of carbonyl (C=O) groups excluding carboxylic acids is 1. The maximum absolute atomic E-state index is 12.9. The highest BCUT2D eigenvalue weighted by Crippen LogP contribution is 2.33. The molecule has 2 aromatic carbocycles. The van der Waals surface area contributed by atoms with Gasteiger partial charge in [-0.3, -0.25) is 0 Å². The minimum absolute atomic E-state index is 0.128. The highest BCUT2D eigenvalue weighted by molar-refractivity contribution is 6.30. The van der Waals surface area contributed by atoms with E-state index in [2.05, 4.69) is 4.98 Å². The van der Waals surface area contributed by atoms with Crippen molar-refractivity contribution in [3.8, 4) is 17.2 Å². The number of hydrogen-bond donors (Lipinski definition) is 0. The summed E-state index contributed by atoms with van der Waals surface area (Å²) in [5.74, 6) is 2.16. The topological polar surface area (TPSA) is 64.1 Å². The fourth-order valence-corrected chi connectivity index (χ4v) is 3.69. The second-order valence-corrected chi connectivity index (χ2v) is 7.80. The van der Waals surface area contributed by atoms with Gasteiger partial charge in [-0.2, -0.15) is 0 Å². The van der Waals surface area contributed by atoms with E-state index in [1.807, 2.05) is 49.4 Å². The first-order valence-electron chi connectivity index (χ1n) is 10.0. The molecule has 0 bridgehead atoms. The Morgan fingerprint density at radius 2 is 1.90 bits per heavy atom. The molecule has 0 fully saturated rings. The van der Waals surface area contributed by atoms with Crippen LogP contribution in [0.5, 0.6) is 17.2 Å². The Morgan fingerprint density at radius 1 is 1.10 bits per heavy atom. The van der Waals surface area contributed by atoms with E-state index in [0.29, 0.717) is 36.3 Å². The fourth-order valence-electron chi connectivity index (χ4n) is 3.48. The monoisotopic (exact) mass is 441 g/mol. The van der Waals surface area contributed by atoms with Gasteiger partial charge in [0.2, 0.25) is 6.79 Å². The Kier molecular flexibility index (Phi) is 6.04. The van der Waals surface area contributed by atoms with E-state index in [1.165, 1.54) is 0 Å². The molecule has 4 rings (SSSR count). The zero-order valence-corrected chi connectivity index (χ0v) is 18.5. The normalized spacial score (nSPS) is 12.1. The van der Waals surface area contributed by atoms with Crippen LogP contribution in [0.4, 0.5) is 4.79 Å². The number of amides is 2. The van der Waals surface area contributed by atoms with Gasteiger partial charge in [-0.25, -0.2) is 9.78 Å². The van der Waals surface area contributed by atoms with Crippen LogP contribution < -0.4 is 14.2 Å². The van der Waals surface area contributed by atoms with E-state index in [-0.39, 0.29) is 12.8 Å². The Bertz CT molecular complexity index is 1120. The summed E-state index contributed by atoms with van der Waals surface area (Å²) in [4.78, 5) is 20.7. The van der Waals surface area contributed by atoms with Gasteiger partial charge in [-0.15, -0.1) is 0 Å². The van der Waals surface area contributed by atoms with E-state index < -0.39 is 0 Å². The molecule has 1 aromatic heterocycles. The third-order valence-electron chi connectivity index (χ3n) is 4.95. The van der Waals surface area contributed by atoms with Crippen LogP contribution in [0.25, 0.3) is 10.9 Å². The van der Waals surface area contributed by atoms with Crippen molar-refractivity contribution in [2.45, 2.75) is 20.0 Å². The van der Waals surface area contributed by atoms with Crippen LogP contribution in [0.3, 0.4) is 0 Å². The molecule has 162 valence electrons. The summed E-state index contributed by atoms with van der Waals surface area (Å²) in [5, 5.41) is 1.28. The Morgan fingerprint density at radius 3 is 2.68 bits per heavy atom. The molecule has 1 aliphatic rings. The van der Waals surface area contributed by atoms with Crippen molar-refractivity contribution in [3.63, 3.8) is 0 Å². The first-order chi connectivity index (χ1) is 14.9. The molecule has 8 heteroatoms. The minimum Gasteiger partial charge on any atom is -0.494 e. The molecule has 0 spiro atoms. The summed E-state index contributed by atoms with van der Waals surface area (Å²) >= 11 is 6.48. The average Bonchev–Trinajstić information content (AvgIpc) is 3.21. The molecular weight excluding hydrogens is 418 g/mol. The lowest BCUT2D eigenvalue weighted by Gasteiger charge is -2.27. The molecule has 0 atom stereocenters. The van der Waals surface area contributed by atoms with Gasteiger partial charge in [0, 0.05) is 31.6 Å². The second kappa shape index (κ2) is 8.89. The third-order valence-corrected chi connectivity index (χ3v) is 5.28. The van der Waals surface area contributed by atoms with Crippen molar-refractivity contribution in [2.24, 2.45) is 0 Å². The third kappa shape index (κ3) is 4.61. The maximum Gasteiger partial charge on any atom is 0.320 e. The number of halogens is 1. The van der Waals surface area contributed by atoms with Crippen molar-refractivity contribution in [1.29, 1.82) is 0 Å². The molecule has 0 aliphatic carbocycles. The van der Waals surface area contributed by atoms with E-state index in [1.54, 1.807) is 23.9 Å². The molecule has 0 saturated heterocycles. The molecule has 0 saturated carbocycles. The van der Waals surface area contributed by atoms with Crippen LogP contribution in [0.2, 0.25) is 5.15 Å². The van der Waals surface area contributed by atoms with Gasteiger partial charge >= 0.3 is 6.03 Å². The van der Waals surface area contributed by atoms with Crippen LogP contribution in [0.1, 0.15) is 18.1 Å². The smallest absolute Gasteiger partial charge is 0.320 e. The molecule has 2 heterocycles. The van der Waals surface area contributed by atoms with Gasteiger partial charge < -0.3 is 24.0 Å². The number of aromatic nitrogens is 1. The summed E-state index contributed by atoms with van der Waals surface area (Å²) in [5.41, 5.74) is 2.47. The summed E-state index contributed by atoms with van der Waals surface area (Å²) in [6, 6.07) is 13.2. The van der Waals surface area contributed by atoms with Crippen molar-refractivity contribution >= 4 is 28.5 Å². The first kappa shape index (κ1) is 21.1. The molecule has 3 aromatic rings. The second-order valence-electron chi connectivity index (χ2n) is 7.45. The lowest BCUT2D eigenvalue weighted by Crippen LogP contribution is -2.38. The molecule has 7 nitrogen and oxygen atoms in total. The van der Waals surface area contributed by atoms with Crippen molar-refractivity contribution in [3.05, 3.63) is 58.7 Å². The standard InChI is InChI=1S/C23H24ClN3O4/c1-4-29-18-6-7-19-16(11-18)10-17(22(24)25-19)13-27(23(28)26(2)3)12-15-5-8-20-21(9-15)31-14-30-20/h5-11H,4,12-14H2,1-3H3. The zero-order chi connectivity index (χ0) is 22.0. The van der Waals surface area contributed by atoms with Crippen LogP contribution >= 0.6 is 11.6 Å². The van der Waals surface area contributed by atoms with Gasteiger partial charge in [0.15, 0.2) is 11.5 Å². The molecule has 0 N–H and O–H groups in total. The summed E-state index contributed by atoms with van der Waals surface area (Å²) in [6.45, 7) is 3.44. The van der Waals surface area contributed by atoms with Gasteiger partial charge in [0.25, 0.3) is 0 Å². The van der Waals surface area contributed by atoms with Crippen LogP contribution in [-0.2, 0) is 13.1 Å². The van der Waals surface area contributed by atoms with E-state index in [9.17, 15) is 4.79 Å². The molecule has 1 aliphatic heterocycles. The van der Waals surface area contributed by atoms with Crippen molar-refractivity contribution < 1.29 is 19.0 Å². The average molecular weight is 442 g/mol. The number of urea groups is 1. The summed E-state index contributed by atoms with van der Waals surface area (Å²) in [7, 11) is 3.45. The predicted molar refractivity (Wildman–Crippen MR) is 119 cm³/mol. The number of fused-ring (bicyclic) bond motifs is 2. The molecule has 2 amide bonds. The van der Waals surface area contributed by atoms with Crippen molar-refractivity contribution in [2.75, 3.05) is 27.5 Å². The summed E-state index contributed by atoms with van der Waals surface area (Å²) in [6.07, 6.45) is 0. The summed E-state index contributed by atoms with van der Waals surface area (Å²) < 4.78 is 16.4. The molecular formula is C23H24ClN3O4. The number of ether oxygens (including phenoxy) is 3. The zero-order valence-electron chi connectivity index (χ0n) is 17.7. The van der Waals surface area contributed by atoms with Gasteiger partial charge in [0.1, 0.15) is 10.9 Å². The quantitative estimate of drug-likeness (QED) is 0.519. The van der Waals surface area contributed by atoms with E-state index in [0.717, 1.165) is 27.8 Å². The lowest BCUT2D eigenvalue weighted by atomic mass is 10.1. The Labute approximate surface area is 186 Å². The Hall–Kier alpha value is -3.19. The number of carbonyl (C=O) groups is 1. The number of hydrogen-bond acceptors (Lipinski definition) is 5. The number of benzene rings is 2. The molecule has 0 unspecified atom stereocenters. The van der Waals surface area contributed by atoms with E-state index in [4.69, 9.17) is 25.8 Å². The predicted octanol–water partition coefficient (Wildman–Crippen LogP) is 4.70. The number of nitrogens with zero attached hydrogens (tertiary/aromatic N) is 3. The molecule has 31 heavy (non-hydrogen) atoms. The highest BCUT2D eigenvalue weighted by atomic mass is 35.5. The maximum atomic E-state index is 12.9. The van der Waals surface area contributed by atoms with E-state index >= 15 is 0 Å². The SMILES string of the molecule is CCOc1ccc2nc(Cl)c(CN(Cc3ccc4c(c3)OCO4)C(=O)N(C)C)cc2c1. The van der Waals surface area contributed by atoms with Crippen LogP contribution in [0.15, 0.2) is 42.5 Å². The highest BCUT2D eigenvalue weighted by Gasteiger charge is 2.21. The van der Waals surface area contributed by atoms with Crippen LogP contribution in [0, 0.1) is 0 Å². The molecule has 0 radical (unpaired) electrons. The fraction of sp³-hybridized carbons (Fsp3) is 0.304. The Balaban J connectivity index is 1.63. The number of rotatable bonds is 6. The van der Waals surface area contributed by atoms with Gasteiger partial charge in [-0.1, -0.05) is 17.7 Å². The minimum atomic E-state index is -0.128. The van der Waals surface area contributed by atoms with Crippen LogP contribution in [-0.4, -0.2) is 48.3 Å². The van der Waals surface area contributed by atoms with Gasteiger partial charge in [-0.05, 0) is 48.9 Å². The van der Waals surface area contributed by atoms with Crippen molar-refractivity contribution in [1.82, 2.24) is 14.8 Å². The largest absolute Gasteiger partial charge is 0.494 e.